The van der Waals surface area contributed by atoms with Gasteiger partial charge in [0.2, 0.25) is 11.8 Å². The molecule has 96 valence electrons. The lowest BCUT2D eigenvalue weighted by atomic mass is 10.00. The standard InChI is InChI=1S/C14H11FN2O2/c15-9-4-5-12(8(6-9)7-16)17-13(18)10-2-1-3-11(10)14(17)19/h4-6,10-11H,1-3H2. The van der Waals surface area contributed by atoms with E-state index in [1.165, 1.54) is 6.07 Å². The third-order valence-electron chi connectivity index (χ3n) is 3.91. The number of nitrogens with zero attached hydrogens (tertiary/aromatic N) is 2. The minimum atomic E-state index is -0.556. The van der Waals surface area contributed by atoms with Crippen molar-refractivity contribution in [3.63, 3.8) is 0 Å². The van der Waals surface area contributed by atoms with E-state index >= 15 is 0 Å². The van der Waals surface area contributed by atoms with Crippen LogP contribution < -0.4 is 4.90 Å². The Balaban J connectivity index is 2.06. The van der Waals surface area contributed by atoms with E-state index in [4.69, 9.17) is 5.26 Å². The highest BCUT2D eigenvalue weighted by Gasteiger charge is 2.50. The predicted octanol–water partition coefficient (Wildman–Crippen LogP) is 1.99. The number of carbonyl (C=O) groups is 2. The van der Waals surface area contributed by atoms with E-state index in [0.717, 1.165) is 36.3 Å². The molecule has 0 radical (unpaired) electrons. The van der Waals surface area contributed by atoms with Crippen LogP contribution in [0.15, 0.2) is 18.2 Å². The van der Waals surface area contributed by atoms with Gasteiger partial charge in [0.25, 0.3) is 0 Å². The van der Waals surface area contributed by atoms with Gasteiger partial charge in [0.15, 0.2) is 0 Å². The number of carbonyl (C=O) groups excluding carboxylic acids is 2. The van der Waals surface area contributed by atoms with Crippen molar-refractivity contribution >= 4 is 17.5 Å². The minimum absolute atomic E-state index is 0.0154. The second-order valence-electron chi connectivity index (χ2n) is 4.93. The van der Waals surface area contributed by atoms with Crippen LogP contribution in [0.4, 0.5) is 10.1 Å². The van der Waals surface area contributed by atoms with E-state index in [2.05, 4.69) is 0 Å². The lowest BCUT2D eigenvalue weighted by Crippen LogP contribution is -2.32. The maximum atomic E-state index is 13.1. The maximum absolute atomic E-state index is 13.1. The molecule has 1 aromatic rings. The van der Waals surface area contributed by atoms with Gasteiger partial charge in [-0.1, -0.05) is 6.42 Å². The first-order valence-corrected chi connectivity index (χ1v) is 6.21. The van der Waals surface area contributed by atoms with Gasteiger partial charge in [-0.05, 0) is 31.0 Å². The average Bonchev–Trinajstić information content (AvgIpc) is 2.96. The third kappa shape index (κ3) is 1.64. The summed E-state index contributed by atoms with van der Waals surface area (Å²) in [5.41, 5.74) is 0.218. The molecule has 0 N–H and O–H groups in total. The zero-order valence-electron chi connectivity index (χ0n) is 10.1. The maximum Gasteiger partial charge on any atom is 0.237 e. The van der Waals surface area contributed by atoms with Crippen LogP contribution in [0.5, 0.6) is 0 Å². The smallest absolute Gasteiger partial charge is 0.237 e. The van der Waals surface area contributed by atoms with Crippen molar-refractivity contribution < 1.29 is 14.0 Å². The highest BCUT2D eigenvalue weighted by molar-refractivity contribution is 6.22. The topological polar surface area (TPSA) is 61.2 Å². The molecule has 0 bridgehead atoms. The molecule has 2 atom stereocenters. The molecule has 1 aliphatic carbocycles. The molecule has 2 amide bonds. The summed E-state index contributed by atoms with van der Waals surface area (Å²) in [4.78, 5) is 25.6. The lowest BCUT2D eigenvalue weighted by molar-refractivity contribution is -0.122. The Morgan fingerprint density at radius 2 is 1.84 bits per heavy atom. The van der Waals surface area contributed by atoms with Crippen molar-refractivity contribution in [2.45, 2.75) is 19.3 Å². The Bertz CT molecular complexity index is 598. The molecule has 0 aromatic heterocycles. The molecule has 5 heteroatoms. The lowest BCUT2D eigenvalue weighted by Gasteiger charge is -2.17. The van der Waals surface area contributed by atoms with Gasteiger partial charge in [0.1, 0.15) is 11.9 Å². The van der Waals surface area contributed by atoms with E-state index in [-0.39, 0.29) is 34.9 Å². The van der Waals surface area contributed by atoms with Crippen LogP contribution in [0.3, 0.4) is 0 Å². The molecule has 1 aromatic carbocycles. The Morgan fingerprint density at radius 3 is 2.42 bits per heavy atom. The predicted molar refractivity (Wildman–Crippen MR) is 64.4 cm³/mol. The van der Waals surface area contributed by atoms with E-state index in [1.807, 2.05) is 6.07 Å². The fraction of sp³-hybridized carbons (Fsp3) is 0.357. The monoisotopic (exact) mass is 258 g/mol. The summed E-state index contributed by atoms with van der Waals surface area (Å²) in [7, 11) is 0. The molecular weight excluding hydrogens is 247 g/mol. The van der Waals surface area contributed by atoms with E-state index in [1.54, 1.807) is 0 Å². The average molecular weight is 258 g/mol. The molecule has 2 fully saturated rings. The summed E-state index contributed by atoms with van der Waals surface area (Å²) in [6.45, 7) is 0. The molecule has 19 heavy (non-hydrogen) atoms. The molecule has 1 saturated carbocycles. The summed E-state index contributed by atoms with van der Waals surface area (Å²) in [6, 6.07) is 5.36. The Morgan fingerprint density at radius 1 is 1.21 bits per heavy atom. The number of nitriles is 1. The van der Waals surface area contributed by atoms with Crippen molar-refractivity contribution in [1.29, 1.82) is 5.26 Å². The number of hydrogen-bond donors (Lipinski definition) is 0. The summed E-state index contributed by atoms with van der Waals surface area (Å²) in [5.74, 6) is -1.58. The van der Waals surface area contributed by atoms with Gasteiger partial charge in [-0.3, -0.25) is 9.59 Å². The van der Waals surface area contributed by atoms with Crippen molar-refractivity contribution in [1.82, 2.24) is 0 Å². The quantitative estimate of drug-likeness (QED) is 0.724. The fourth-order valence-electron chi connectivity index (χ4n) is 3.02. The van der Waals surface area contributed by atoms with Gasteiger partial charge < -0.3 is 0 Å². The molecule has 1 heterocycles. The first kappa shape index (κ1) is 11.8. The zero-order valence-corrected chi connectivity index (χ0v) is 10.1. The Labute approximate surface area is 109 Å². The molecule has 0 spiro atoms. The summed E-state index contributed by atoms with van der Waals surface area (Å²) in [6.07, 6.45) is 2.32. The van der Waals surface area contributed by atoms with Crippen molar-refractivity contribution in [2.24, 2.45) is 11.8 Å². The SMILES string of the molecule is N#Cc1cc(F)ccc1N1C(=O)C2CCCC2C1=O. The highest BCUT2D eigenvalue weighted by atomic mass is 19.1. The number of anilines is 1. The third-order valence-corrected chi connectivity index (χ3v) is 3.91. The summed E-state index contributed by atoms with van der Waals surface area (Å²) >= 11 is 0. The normalized spacial score (nSPS) is 25.6. The first-order valence-electron chi connectivity index (χ1n) is 6.21. The van der Waals surface area contributed by atoms with Crippen molar-refractivity contribution in [3.8, 4) is 6.07 Å². The molecule has 1 saturated heterocycles. The van der Waals surface area contributed by atoms with Crippen LogP contribution in [-0.4, -0.2) is 11.8 Å². The van der Waals surface area contributed by atoms with Crippen LogP contribution >= 0.6 is 0 Å². The molecule has 3 rings (SSSR count). The second-order valence-corrected chi connectivity index (χ2v) is 4.93. The molecule has 2 aliphatic rings. The number of fused-ring (bicyclic) bond motifs is 1. The summed E-state index contributed by atoms with van der Waals surface area (Å²) in [5, 5.41) is 9.01. The van der Waals surface area contributed by atoms with Crippen LogP contribution in [0.25, 0.3) is 0 Å². The van der Waals surface area contributed by atoms with Crippen LogP contribution in [0, 0.1) is 29.0 Å². The number of hydrogen-bond acceptors (Lipinski definition) is 3. The second kappa shape index (κ2) is 4.16. The van der Waals surface area contributed by atoms with Crippen LogP contribution in [-0.2, 0) is 9.59 Å². The first-order chi connectivity index (χ1) is 9.13. The largest absolute Gasteiger partial charge is 0.274 e. The number of amides is 2. The van der Waals surface area contributed by atoms with Crippen LogP contribution in [0.2, 0.25) is 0 Å². The van der Waals surface area contributed by atoms with Gasteiger partial charge >= 0.3 is 0 Å². The van der Waals surface area contributed by atoms with Gasteiger partial charge in [-0.2, -0.15) is 5.26 Å². The number of halogens is 1. The van der Waals surface area contributed by atoms with Gasteiger partial charge in [0.05, 0.1) is 23.1 Å². The number of imide groups is 1. The Hall–Kier alpha value is -2.22. The van der Waals surface area contributed by atoms with Crippen molar-refractivity contribution in [2.75, 3.05) is 4.90 Å². The summed E-state index contributed by atoms with van der Waals surface area (Å²) < 4.78 is 13.1. The van der Waals surface area contributed by atoms with Gasteiger partial charge in [0, 0.05) is 0 Å². The van der Waals surface area contributed by atoms with E-state index in [0.29, 0.717) is 0 Å². The Kier molecular flexibility index (Phi) is 2.59. The van der Waals surface area contributed by atoms with Crippen molar-refractivity contribution in [3.05, 3.63) is 29.6 Å². The number of rotatable bonds is 1. The van der Waals surface area contributed by atoms with Gasteiger partial charge in [-0.25, -0.2) is 9.29 Å². The molecule has 1 aliphatic heterocycles. The zero-order chi connectivity index (χ0) is 13.6. The fourth-order valence-corrected chi connectivity index (χ4v) is 3.02. The molecule has 4 nitrogen and oxygen atoms in total. The van der Waals surface area contributed by atoms with E-state index in [9.17, 15) is 14.0 Å². The molecular formula is C14H11FN2O2. The number of benzene rings is 1. The van der Waals surface area contributed by atoms with E-state index < -0.39 is 5.82 Å². The minimum Gasteiger partial charge on any atom is -0.274 e. The van der Waals surface area contributed by atoms with Crippen LogP contribution in [0.1, 0.15) is 24.8 Å². The van der Waals surface area contributed by atoms with Gasteiger partial charge in [-0.15, -0.1) is 0 Å². The highest BCUT2D eigenvalue weighted by Crippen LogP contribution is 2.42. The molecule has 2 unspecified atom stereocenters.